The van der Waals surface area contributed by atoms with Gasteiger partial charge in [0.25, 0.3) is 5.91 Å². The van der Waals surface area contributed by atoms with E-state index in [1.165, 1.54) is 43.5 Å². The van der Waals surface area contributed by atoms with Crippen LogP contribution in [0.1, 0.15) is 48.2 Å². The Bertz CT molecular complexity index is 789. The summed E-state index contributed by atoms with van der Waals surface area (Å²) in [6, 6.07) is 6.56. The number of anilines is 1. The maximum absolute atomic E-state index is 13.6. The second-order valence-electron chi connectivity index (χ2n) is 6.67. The molecule has 1 heterocycles. The molecule has 142 valence electrons. The van der Waals surface area contributed by atoms with Crippen molar-refractivity contribution in [3.8, 4) is 0 Å². The fraction of sp³-hybridized carbons (Fsp3) is 0.381. The van der Waals surface area contributed by atoms with E-state index in [0.717, 1.165) is 13.0 Å². The summed E-state index contributed by atoms with van der Waals surface area (Å²) in [7, 11) is 0. The summed E-state index contributed by atoms with van der Waals surface area (Å²) >= 11 is 0. The van der Waals surface area contributed by atoms with Crippen molar-refractivity contribution >= 4 is 11.7 Å². The molecule has 2 N–H and O–H groups in total. The van der Waals surface area contributed by atoms with Gasteiger partial charge in [-0.05, 0) is 50.2 Å². The predicted octanol–water partition coefficient (Wildman–Crippen LogP) is 3.89. The van der Waals surface area contributed by atoms with E-state index in [1.54, 1.807) is 24.4 Å². The molecule has 0 fully saturated rings. The highest BCUT2D eigenvalue weighted by molar-refractivity contribution is 5.91. The van der Waals surface area contributed by atoms with E-state index < -0.39 is 0 Å². The fourth-order valence-corrected chi connectivity index (χ4v) is 3.12. The van der Waals surface area contributed by atoms with Crippen LogP contribution in [0.25, 0.3) is 0 Å². The number of aromatic nitrogens is 2. The van der Waals surface area contributed by atoms with Gasteiger partial charge >= 0.3 is 0 Å². The van der Waals surface area contributed by atoms with Gasteiger partial charge in [0.1, 0.15) is 17.3 Å². The molecule has 2 aromatic rings. The van der Waals surface area contributed by atoms with Crippen molar-refractivity contribution in [3.05, 3.63) is 65.4 Å². The molecule has 3 rings (SSSR count). The molecule has 0 unspecified atom stereocenters. The van der Waals surface area contributed by atoms with Crippen molar-refractivity contribution in [2.75, 3.05) is 18.4 Å². The number of rotatable bonds is 8. The van der Waals surface area contributed by atoms with Crippen LogP contribution in [0.15, 0.2) is 48.3 Å². The minimum atomic E-state index is -0.308. The highest BCUT2D eigenvalue weighted by Gasteiger charge is 2.09. The summed E-state index contributed by atoms with van der Waals surface area (Å²) in [5, 5.41) is 5.99. The van der Waals surface area contributed by atoms with Gasteiger partial charge < -0.3 is 10.6 Å². The van der Waals surface area contributed by atoms with Crippen LogP contribution in [0, 0.1) is 5.82 Å². The molecule has 1 aliphatic carbocycles. The van der Waals surface area contributed by atoms with Crippen LogP contribution in [0.4, 0.5) is 10.2 Å². The molecule has 1 aliphatic rings. The number of hydrogen-bond donors (Lipinski definition) is 2. The average molecular weight is 368 g/mol. The highest BCUT2D eigenvalue weighted by atomic mass is 19.1. The molecule has 1 aromatic carbocycles. The van der Waals surface area contributed by atoms with Crippen LogP contribution in [0.3, 0.4) is 0 Å². The zero-order valence-corrected chi connectivity index (χ0v) is 15.4. The Hall–Kier alpha value is -2.76. The number of allylic oxidation sites excluding steroid dienone is 1. The summed E-state index contributed by atoms with van der Waals surface area (Å²) in [4.78, 5) is 20.5. The number of nitrogens with zero attached hydrogens (tertiary/aromatic N) is 2. The van der Waals surface area contributed by atoms with Gasteiger partial charge in [0.15, 0.2) is 0 Å². The Morgan fingerprint density at radius 3 is 2.70 bits per heavy atom. The lowest BCUT2D eigenvalue weighted by molar-refractivity contribution is 0.0948. The summed E-state index contributed by atoms with van der Waals surface area (Å²) in [6.45, 7) is 1.16. The van der Waals surface area contributed by atoms with Crippen LogP contribution >= 0.6 is 0 Å². The molecule has 0 atom stereocenters. The molecule has 27 heavy (non-hydrogen) atoms. The number of nitrogens with one attached hydrogen (secondary N) is 2. The van der Waals surface area contributed by atoms with Crippen LogP contribution < -0.4 is 10.6 Å². The topological polar surface area (TPSA) is 66.9 Å². The van der Waals surface area contributed by atoms with Gasteiger partial charge in [0.05, 0.1) is 12.4 Å². The number of hydrogen-bond acceptors (Lipinski definition) is 4. The summed E-state index contributed by atoms with van der Waals surface area (Å²) < 4.78 is 13.6. The number of halogens is 1. The molecular weight excluding hydrogens is 343 g/mol. The monoisotopic (exact) mass is 368 g/mol. The van der Waals surface area contributed by atoms with Gasteiger partial charge in [-0.3, -0.25) is 4.79 Å². The first-order valence-electron chi connectivity index (χ1n) is 9.48. The van der Waals surface area contributed by atoms with Crippen LogP contribution in [-0.4, -0.2) is 29.0 Å². The van der Waals surface area contributed by atoms with Gasteiger partial charge in [-0.2, -0.15) is 0 Å². The molecule has 0 bridgehead atoms. The molecule has 0 radical (unpaired) electrons. The van der Waals surface area contributed by atoms with Crippen molar-refractivity contribution < 1.29 is 9.18 Å². The summed E-state index contributed by atoms with van der Waals surface area (Å²) in [6.07, 6.45) is 11.8. The van der Waals surface area contributed by atoms with E-state index in [1.807, 2.05) is 0 Å². The van der Waals surface area contributed by atoms with E-state index >= 15 is 0 Å². The first-order valence-corrected chi connectivity index (χ1v) is 9.48. The Balaban J connectivity index is 1.41. The van der Waals surface area contributed by atoms with Gasteiger partial charge in [0.2, 0.25) is 0 Å². The Morgan fingerprint density at radius 1 is 1.07 bits per heavy atom. The zero-order chi connectivity index (χ0) is 18.9. The number of amides is 1. The van der Waals surface area contributed by atoms with Crippen molar-refractivity contribution in [2.45, 2.75) is 38.5 Å². The van der Waals surface area contributed by atoms with Crippen molar-refractivity contribution in [2.24, 2.45) is 0 Å². The molecule has 6 heteroatoms. The Labute approximate surface area is 159 Å². The molecule has 5 nitrogen and oxygen atoms in total. The second-order valence-corrected chi connectivity index (χ2v) is 6.67. The number of carbonyl (C=O) groups is 1. The van der Waals surface area contributed by atoms with Gasteiger partial charge in [-0.1, -0.05) is 29.8 Å². The molecule has 0 aliphatic heterocycles. The van der Waals surface area contributed by atoms with Gasteiger partial charge in [-0.25, -0.2) is 14.4 Å². The lowest BCUT2D eigenvalue weighted by Crippen LogP contribution is -2.27. The number of carbonyl (C=O) groups excluding carboxylic acids is 1. The first-order chi connectivity index (χ1) is 13.2. The standard InChI is InChI=1S/C21H25FN4O/c22-18-9-5-4-8-17(18)11-13-24-21(27)19-14-26-20(15-25-19)23-12-10-16-6-2-1-3-7-16/h4-6,8-9,14-15H,1-3,7,10-13H2,(H,23,26)(H,24,27). The van der Waals surface area contributed by atoms with E-state index in [2.05, 4.69) is 26.7 Å². The largest absolute Gasteiger partial charge is 0.368 e. The highest BCUT2D eigenvalue weighted by Crippen LogP contribution is 2.19. The predicted molar refractivity (Wildman–Crippen MR) is 104 cm³/mol. The fourth-order valence-electron chi connectivity index (χ4n) is 3.12. The zero-order valence-electron chi connectivity index (χ0n) is 15.4. The molecule has 0 spiro atoms. The molecular formula is C21H25FN4O. The van der Waals surface area contributed by atoms with E-state index in [0.29, 0.717) is 24.3 Å². The van der Waals surface area contributed by atoms with E-state index in [-0.39, 0.29) is 17.4 Å². The van der Waals surface area contributed by atoms with Gasteiger partial charge in [0, 0.05) is 13.1 Å². The van der Waals surface area contributed by atoms with Gasteiger partial charge in [-0.15, -0.1) is 0 Å². The van der Waals surface area contributed by atoms with Crippen molar-refractivity contribution in [3.63, 3.8) is 0 Å². The lowest BCUT2D eigenvalue weighted by Gasteiger charge is -2.13. The van der Waals surface area contributed by atoms with Crippen LogP contribution in [0.5, 0.6) is 0 Å². The van der Waals surface area contributed by atoms with Crippen molar-refractivity contribution in [1.29, 1.82) is 0 Å². The quantitative estimate of drug-likeness (QED) is 0.694. The second kappa shape index (κ2) is 9.80. The Kier molecular flexibility index (Phi) is 6.90. The van der Waals surface area contributed by atoms with Crippen molar-refractivity contribution in [1.82, 2.24) is 15.3 Å². The van der Waals surface area contributed by atoms with E-state index in [9.17, 15) is 9.18 Å². The third-order valence-electron chi connectivity index (χ3n) is 4.66. The van der Waals surface area contributed by atoms with Crippen LogP contribution in [0.2, 0.25) is 0 Å². The molecule has 0 saturated heterocycles. The minimum Gasteiger partial charge on any atom is -0.368 e. The third-order valence-corrected chi connectivity index (χ3v) is 4.66. The van der Waals surface area contributed by atoms with Crippen LogP contribution in [-0.2, 0) is 6.42 Å². The lowest BCUT2D eigenvalue weighted by atomic mass is 9.97. The smallest absolute Gasteiger partial charge is 0.271 e. The summed E-state index contributed by atoms with van der Waals surface area (Å²) in [5.74, 6) is 0.0954. The summed E-state index contributed by atoms with van der Waals surface area (Å²) in [5.41, 5.74) is 2.34. The SMILES string of the molecule is O=C(NCCc1ccccc1F)c1cnc(NCCC2=CCCCC2)cn1. The third kappa shape index (κ3) is 5.88. The first kappa shape index (κ1) is 19.0. The molecule has 1 amide bonds. The molecule has 0 saturated carbocycles. The van der Waals surface area contributed by atoms with E-state index in [4.69, 9.17) is 0 Å². The maximum atomic E-state index is 13.6. The maximum Gasteiger partial charge on any atom is 0.271 e. The number of benzene rings is 1. The molecule has 1 aromatic heterocycles. The normalized spacial score (nSPS) is 13.7. The average Bonchev–Trinajstić information content (AvgIpc) is 2.71. The Morgan fingerprint density at radius 2 is 1.96 bits per heavy atom. The minimum absolute atomic E-state index is 0.254.